The average molecular weight is 584 g/mol. The summed E-state index contributed by atoms with van der Waals surface area (Å²) in [4.78, 5) is 62.6. The van der Waals surface area contributed by atoms with Gasteiger partial charge in [-0.3, -0.25) is 19.2 Å². The van der Waals surface area contributed by atoms with Crippen molar-refractivity contribution in [2.75, 3.05) is 26.9 Å². The molecule has 0 aliphatic carbocycles. The molecule has 42 heavy (non-hydrogen) atoms. The molecule has 0 unspecified atom stereocenters. The van der Waals surface area contributed by atoms with E-state index in [0.717, 1.165) is 5.56 Å². The third kappa shape index (κ3) is 11.7. The molecule has 0 fully saturated rings. The summed E-state index contributed by atoms with van der Waals surface area (Å²) in [7, 11) is 1.40. The van der Waals surface area contributed by atoms with Gasteiger partial charge in [-0.2, -0.15) is 0 Å². The number of benzene rings is 2. The zero-order chi connectivity index (χ0) is 30.9. The van der Waals surface area contributed by atoms with E-state index in [1.165, 1.54) is 31.4 Å². The summed E-state index contributed by atoms with van der Waals surface area (Å²) in [5, 5.41) is 17.3. The van der Waals surface area contributed by atoms with Crippen molar-refractivity contribution in [3.63, 3.8) is 0 Å². The topological polar surface area (TPSA) is 169 Å². The van der Waals surface area contributed by atoms with Gasteiger partial charge in [0, 0.05) is 18.9 Å². The Kier molecular flexibility index (Phi) is 14.1. The number of carbonyl (C=O) groups excluding carboxylic acids is 5. The van der Waals surface area contributed by atoms with Crippen LogP contribution in [0.25, 0.3) is 6.08 Å². The molecular formula is C30H37N3O9. The van der Waals surface area contributed by atoms with Crippen LogP contribution < -0.4 is 20.7 Å². The summed E-state index contributed by atoms with van der Waals surface area (Å²) < 4.78 is 15.0. The van der Waals surface area contributed by atoms with Crippen LogP contribution in [0.4, 0.5) is 0 Å². The van der Waals surface area contributed by atoms with Crippen LogP contribution in [0.15, 0.2) is 54.6 Å². The molecule has 2 atom stereocenters. The molecule has 0 saturated carbocycles. The maximum Gasteiger partial charge on any atom is 0.328 e. The van der Waals surface area contributed by atoms with Crippen LogP contribution in [0.2, 0.25) is 0 Å². The molecule has 3 amide bonds. The molecule has 0 aliphatic rings. The Morgan fingerprint density at radius 2 is 1.64 bits per heavy atom. The predicted octanol–water partition coefficient (Wildman–Crippen LogP) is 1.65. The molecule has 4 N–H and O–H groups in total. The van der Waals surface area contributed by atoms with E-state index in [-0.39, 0.29) is 44.0 Å². The summed E-state index contributed by atoms with van der Waals surface area (Å²) in [5.41, 5.74) is 1.33. The molecule has 0 radical (unpaired) electrons. The second-order valence-corrected chi connectivity index (χ2v) is 8.95. The van der Waals surface area contributed by atoms with E-state index in [9.17, 15) is 29.1 Å². The highest BCUT2D eigenvalue weighted by molar-refractivity contribution is 5.96. The molecule has 2 aromatic carbocycles. The number of hydrogen-bond donors (Lipinski definition) is 4. The zero-order valence-corrected chi connectivity index (χ0v) is 23.9. The van der Waals surface area contributed by atoms with Gasteiger partial charge in [-0.1, -0.05) is 36.4 Å². The molecule has 2 aromatic rings. The summed E-state index contributed by atoms with van der Waals surface area (Å²) in [6.07, 6.45) is 2.62. The summed E-state index contributed by atoms with van der Waals surface area (Å²) >= 11 is 0. The maximum absolute atomic E-state index is 13.3. The molecule has 226 valence electrons. The lowest BCUT2D eigenvalue weighted by Crippen LogP contribution is -2.54. The standard InChI is InChI=1S/C30H37N3O9/c1-4-41-28(37)16-13-22(30(39)42-5-2)33-29(38)23(17-20-9-7-6-8-10-20)32-27(36)19-31-26(35)15-12-21-11-14-24(34)25(18-21)40-3/h6-12,14-15,18,22-23,34H,4-5,13,16-17,19H2,1-3H3,(H,31,35)(H,32,36)(H,33,38)/b15-12+/t22-,23+/m1/s1. The fourth-order valence-corrected chi connectivity index (χ4v) is 3.76. The van der Waals surface area contributed by atoms with Crippen molar-refractivity contribution in [1.82, 2.24) is 16.0 Å². The van der Waals surface area contributed by atoms with Crippen LogP contribution in [-0.2, 0) is 39.9 Å². The van der Waals surface area contributed by atoms with Crippen molar-refractivity contribution in [2.45, 2.75) is 45.2 Å². The minimum absolute atomic E-state index is 0.0440. The summed E-state index contributed by atoms with van der Waals surface area (Å²) in [6, 6.07) is 11.2. The van der Waals surface area contributed by atoms with Gasteiger partial charge in [0.2, 0.25) is 17.7 Å². The number of carbonyl (C=O) groups is 5. The second kappa shape index (κ2) is 17.7. The van der Waals surface area contributed by atoms with Gasteiger partial charge in [0.1, 0.15) is 12.1 Å². The van der Waals surface area contributed by atoms with Gasteiger partial charge in [0.25, 0.3) is 0 Å². The number of phenolic OH excluding ortho intramolecular Hbond substituents is 1. The molecule has 0 aliphatic heterocycles. The van der Waals surface area contributed by atoms with Crippen molar-refractivity contribution in [1.29, 1.82) is 0 Å². The van der Waals surface area contributed by atoms with Crippen LogP contribution in [0, 0.1) is 0 Å². The SMILES string of the molecule is CCOC(=O)CC[C@@H](NC(=O)[C@H](Cc1ccccc1)NC(=O)CNC(=O)/C=C/c1ccc(O)c(OC)c1)C(=O)OCC. The average Bonchev–Trinajstić information content (AvgIpc) is 2.98. The lowest BCUT2D eigenvalue weighted by atomic mass is 10.0. The van der Waals surface area contributed by atoms with Crippen LogP contribution in [-0.4, -0.2) is 73.7 Å². The molecule has 2 rings (SSSR count). The van der Waals surface area contributed by atoms with E-state index in [2.05, 4.69) is 16.0 Å². The van der Waals surface area contributed by atoms with E-state index in [4.69, 9.17) is 14.2 Å². The minimum atomic E-state index is -1.14. The van der Waals surface area contributed by atoms with Crippen molar-refractivity contribution >= 4 is 35.7 Å². The highest BCUT2D eigenvalue weighted by Crippen LogP contribution is 2.26. The van der Waals surface area contributed by atoms with Crippen LogP contribution >= 0.6 is 0 Å². The van der Waals surface area contributed by atoms with Gasteiger partial charge in [0.05, 0.1) is 26.9 Å². The van der Waals surface area contributed by atoms with E-state index >= 15 is 0 Å². The first-order chi connectivity index (χ1) is 20.2. The van der Waals surface area contributed by atoms with Gasteiger partial charge in [0.15, 0.2) is 11.5 Å². The number of aromatic hydroxyl groups is 1. The summed E-state index contributed by atoms with van der Waals surface area (Å²) in [6.45, 7) is 3.10. The van der Waals surface area contributed by atoms with Crippen LogP contribution in [0.3, 0.4) is 0 Å². The van der Waals surface area contributed by atoms with Crippen LogP contribution in [0.5, 0.6) is 11.5 Å². The number of rotatable bonds is 16. The molecule has 0 aromatic heterocycles. The summed E-state index contributed by atoms with van der Waals surface area (Å²) in [5.74, 6) is -2.92. The number of hydrogen-bond acceptors (Lipinski definition) is 9. The smallest absolute Gasteiger partial charge is 0.328 e. The highest BCUT2D eigenvalue weighted by Gasteiger charge is 2.28. The Bertz CT molecular complexity index is 1250. The molecule has 12 nitrogen and oxygen atoms in total. The maximum atomic E-state index is 13.3. The lowest BCUT2D eigenvalue weighted by molar-refractivity contribution is -0.149. The quantitative estimate of drug-likeness (QED) is 0.170. The van der Waals surface area contributed by atoms with Gasteiger partial charge < -0.3 is 35.3 Å². The first kappa shape index (κ1) is 33.3. The monoisotopic (exact) mass is 583 g/mol. The molecule has 0 heterocycles. The number of amides is 3. The first-order valence-electron chi connectivity index (χ1n) is 13.5. The van der Waals surface area contributed by atoms with Crippen molar-refractivity contribution in [3.05, 3.63) is 65.7 Å². The molecular weight excluding hydrogens is 546 g/mol. The normalized spacial score (nSPS) is 12.1. The van der Waals surface area contributed by atoms with Crippen molar-refractivity contribution < 1.29 is 43.3 Å². The lowest BCUT2D eigenvalue weighted by Gasteiger charge is -2.22. The fourth-order valence-electron chi connectivity index (χ4n) is 3.76. The molecule has 0 bridgehead atoms. The Morgan fingerprint density at radius 3 is 2.31 bits per heavy atom. The Balaban J connectivity index is 2.06. The number of phenols is 1. The van der Waals surface area contributed by atoms with E-state index in [0.29, 0.717) is 5.56 Å². The number of esters is 2. The van der Waals surface area contributed by atoms with E-state index < -0.39 is 48.3 Å². The number of ether oxygens (including phenoxy) is 3. The highest BCUT2D eigenvalue weighted by atomic mass is 16.5. The minimum Gasteiger partial charge on any atom is -0.504 e. The first-order valence-corrected chi connectivity index (χ1v) is 13.5. The molecule has 12 heteroatoms. The number of nitrogens with one attached hydrogen (secondary N) is 3. The Morgan fingerprint density at radius 1 is 0.929 bits per heavy atom. The second-order valence-electron chi connectivity index (χ2n) is 8.95. The predicted molar refractivity (Wildman–Crippen MR) is 153 cm³/mol. The largest absolute Gasteiger partial charge is 0.504 e. The number of methoxy groups -OCH3 is 1. The van der Waals surface area contributed by atoms with Crippen LogP contribution in [0.1, 0.15) is 37.8 Å². The third-order valence-corrected chi connectivity index (χ3v) is 5.82. The van der Waals surface area contributed by atoms with E-state index in [1.807, 2.05) is 0 Å². The van der Waals surface area contributed by atoms with Crippen molar-refractivity contribution in [2.24, 2.45) is 0 Å². The van der Waals surface area contributed by atoms with Gasteiger partial charge in [-0.05, 0) is 49.6 Å². The Hall–Kier alpha value is -4.87. The van der Waals surface area contributed by atoms with Gasteiger partial charge in [-0.25, -0.2) is 4.79 Å². The Labute approximate surface area is 244 Å². The molecule has 0 spiro atoms. The fraction of sp³-hybridized carbons (Fsp3) is 0.367. The zero-order valence-electron chi connectivity index (χ0n) is 23.9. The molecule has 0 saturated heterocycles. The van der Waals surface area contributed by atoms with Gasteiger partial charge in [-0.15, -0.1) is 0 Å². The van der Waals surface area contributed by atoms with Gasteiger partial charge >= 0.3 is 11.9 Å². The third-order valence-electron chi connectivity index (χ3n) is 5.82. The van der Waals surface area contributed by atoms with E-state index in [1.54, 1.807) is 50.2 Å². The van der Waals surface area contributed by atoms with Crippen molar-refractivity contribution in [3.8, 4) is 11.5 Å².